The number of hydrogen-bond acceptors (Lipinski definition) is 6. The van der Waals surface area contributed by atoms with Crippen LogP contribution in [0.4, 0.5) is 30.6 Å². The van der Waals surface area contributed by atoms with Gasteiger partial charge >= 0.3 is 6.18 Å². The van der Waals surface area contributed by atoms with Crippen LogP contribution in [-0.2, 0) is 6.18 Å². The van der Waals surface area contributed by atoms with Gasteiger partial charge in [0.15, 0.2) is 0 Å². The number of benzene rings is 1. The zero-order chi connectivity index (χ0) is 20.1. The Hall–Kier alpha value is -2.91. The van der Waals surface area contributed by atoms with Crippen molar-refractivity contribution in [3.63, 3.8) is 0 Å². The number of pyridine rings is 1. The lowest BCUT2D eigenvalue weighted by Gasteiger charge is -2.13. The summed E-state index contributed by atoms with van der Waals surface area (Å²) < 4.78 is 39.2. The van der Waals surface area contributed by atoms with E-state index in [-0.39, 0.29) is 35.6 Å². The van der Waals surface area contributed by atoms with E-state index in [0.717, 1.165) is 6.07 Å². The number of rotatable bonds is 6. The number of nitrogens with zero attached hydrogens (tertiary/aromatic N) is 3. The van der Waals surface area contributed by atoms with Crippen LogP contribution in [0.5, 0.6) is 0 Å². The van der Waals surface area contributed by atoms with E-state index in [1.165, 1.54) is 12.1 Å². The molecule has 10 heteroatoms. The first kappa shape index (κ1) is 19.8. The van der Waals surface area contributed by atoms with Gasteiger partial charge in [-0.2, -0.15) is 18.2 Å². The number of aromatic nitrogens is 3. The van der Waals surface area contributed by atoms with E-state index in [4.69, 9.17) is 16.7 Å². The molecular weight excluding hydrogens is 395 g/mol. The van der Waals surface area contributed by atoms with Crippen LogP contribution in [0.1, 0.15) is 5.56 Å². The molecule has 0 spiro atoms. The van der Waals surface area contributed by atoms with Crippen molar-refractivity contribution in [3.05, 3.63) is 59.4 Å². The van der Waals surface area contributed by atoms with Gasteiger partial charge < -0.3 is 15.7 Å². The van der Waals surface area contributed by atoms with E-state index >= 15 is 0 Å². The average Bonchev–Trinajstić information content (AvgIpc) is 2.67. The van der Waals surface area contributed by atoms with Crippen LogP contribution < -0.4 is 10.6 Å². The molecular formula is C18H15ClF3N5O. The highest BCUT2D eigenvalue weighted by molar-refractivity contribution is 6.31. The molecule has 0 saturated carbocycles. The fourth-order valence-electron chi connectivity index (χ4n) is 2.39. The monoisotopic (exact) mass is 409 g/mol. The minimum atomic E-state index is -4.57. The van der Waals surface area contributed by atoms with Crippen molar-refractivity contribution in [2.75, 3.05) is 23.8 Å². The summed E-state index contributed by atoms with van der Waals surface area (Å²) in [5.41, 5.74) is 0.433. The van der Waals surface area contributed by atoms with Gasteiger partial charge in [-0.05, 0) is 30.3 Å². The van der Waals surface area contributed by atoms with Gasteiger partial charge in [-0.25, -0.2) is 4.98 Å². The van der Waals surface area contributed by atoms with Crippen LogP contribution in [-0.4, -0.2) is 33.2 Å². The highest BCUT2D eigenvalue weighted by atomic mass is 35.5. The number of anilines is 3. The normalized spacial score (nSPS) is 11.3. The maximum atomic E-state index is 13.1. The van der Waals surface area contributed by atoms with E-state index in [0.29, 0.717) is 11.3 Å². The number of alkyl halides is 3. The molecule has 3 rings (SSSR count). The Balaban J connectivity index is 1.97. The molecule has 0 saturated heterocycles. The molecule has 6 nitrogen and oxygen atoms in total. The van der Waals surface area contributed by atoms with Gasteiger partial charge in [-0.3, -0.25) is 4.98 Å². The summed E-state index contributed by atoms with van der Waals surface area (Å²) in [6.45, 7) is 0.0878. The average molecular weight is 410 g/mol. The van der Waals surface area contributed by atoms with E-state index in [2.05, 4.69) is 25.6 Å². The summed E-state index contributed by atoms with van der Waals surface area (Å²) in [6, 6.07) is 8.61. The van der Waals surface area contributed by atoms with Gasteiger partial charge in [-0.15, -0.1) is 0 Å². The lowest BCUT2D eigenvalue weighted by atomic mass is 10.2. The van der Waals surface area contributed by atoms with E-state index in [9.17, 15) is 13.2 Å². The van der Waals surface area contributed by atoms with E-state index in [1.54, 1.807) is 30.6 Å². The second-order valence-electron chi connectivity index (χ2n) is 5.67. The largest absolute Gasteiger partial charge is 0.417 e. The Bertz CT molecular complexity index is 954. The summed E-state index contributed by atoms with van der Waals surface area (Å²) in [5.74, 6) is 0.479. The Kier molecular flexibility index (Phi) is 5.96. The van der Waals surface area contributed by atoms with Crippen molar-refractivity contribution < 1.29 is 18.3 Å². The molecule has 0 unspecified atom stereocenters. The molecule has 0 aliphatic heterocycles. The second kappa shape index (κ2) is 8.41. The molecule has 2 heterocycles. The highest BCUT2D eigenvalue weighted by Crippen LogP contribution is 2.36. The molecule has 0 bridgehead atoms. The van der Waals surface area contributed by atoms with Gasteiger partial charge in [0.2, 0.25) is 5.95 Å². The van der Waals surface area contributed by atoms with Gasteiger partial charge in [-0.1, -0.05) is 11.6 Å². The van der Waals surface area contributed by atoms with Gasteiger partial charge in [0, 0.05) is 36.3 Å². The number of nitrogens with one attached hydrogen (secondary N) is 2. The van der Waals surface area contributed by atoms with Gasteiger partial charge in [0.1, 0.15) is 5.82 Å². The van der Waals surface area contributed by atoms with Crippen LogP contribution in [0.15, 0.2) is 48.8 Å². The maximum absolute atomic E-state index is 13.1. The van der Waals surface area contributed by atoms with E-state index in [1.807, 2.05) is 0 Å². The lowest BCUT2D eigenvalue weighted by Crippen LogP contribution is -2.10. The molecule has 0 atom stereocenters. The van der Waals surface area contributed by atoms with Gasteiger partial charge in [0.05, 0.1) is 22.9 Å². The molecule has 2 aromatic heterocycles. The third-order valence-corrected chi connectivity index (χ3v) is 3.95. The molecule has 1 aromatic carbocycles. The van der Waals surface area contributed by atoms with Crippen LogP contribution in [0.2, 0.25) is 5.02 Å². The molecule has 28 heavy (non-hydrogen) atoms. The number of hydrogen-bond donors (Lipinski definition) is 3. The maximum Gasteiger partial charge on any atom is 0.417 e. The van der Waals surface area contributed by atoms with E-state index < -0.39 is 11.7 Å². The van der Waals surface area contributed by atoms with Crippen LogP contribution >= 0.6 is 11.6 Å². The summed E-state index contributed by atoms with van der Waals surface area (Å²) in [6.07, 6.45) is -1.36. The minimum absolute atomic E-state index is 0.130. The van der Waals surface area contributed by atoms with Crippen LogP contribution in [0.3, 0.4) is 0 Å². The van der Waals surface area contributed by atoms with Crippen molar-refractivity contribution in [2.45, 2.75) is 6.18 Å². The Morgan fingerprint density at radius 2 is 1.93 bits per heavy atom. The summed E-state index contributed by atoms with van der Waals surface area (Å²) >= 11 is 5.66. The van der Waals surface area contributed by atoms with Crippen molar-refractivity contribution in [1.29, 1.82) is 0 Å². The fourth-order valence-corrected chi connectivity index (χ4v) is 2.61. The van der Waals surface area contributed by atoms with Crippen molar-refractivity contribution >= 4 is 29.1 Å². The molecule has 146 valence electrons. The number of aliphatic hydroxyl groups is 1. The molecule has 3 N–H and O–H groups in total. The van der Waals surface area contributed by atoms with Crippen LogP contribution in [0, 0.1) is 0 Å². The number of halogens is 4. The zero-order valence-electron chi connectivity index (χ0n) is 14.3. The number of aliphatic hydroxyl groups excluding tert-OH is 1. The Morgan fingerprint density at radius 3 is 2.61 bits per heavy atom. The van der Waals surface area contributed by atoms with Gasteiger partial charge in [0.25, 0.3) is 0 Å². The van der Waals surface area contributed by atoms with Crippen molar-refractivity contribution in [1.82, 2.24) is 15.0 Å². The van der Waals surface area contributed by atoms with Crippen molar-refractivity contribution in [3.8, 4) is 11.3 Å². The Labute approximate surface area is 163 Å². The predicted molar refractivity (Wildman–Crippen MR) is 101 cm³/mol. The third kappa shape index (κ3) is 4.87. The molecule has 0 radical (unpaired) electrons. The standard InChI is InChI=1S/C18H15ClF3N5O/c19-14-4-3-12(8-13(14)18(20,21)22)25-16-9-15(11-2-1-5-23-10-11)26-17(27-16)24-6-7-28/h1-5,8-10,28H,6-7H2,(H2,24,25,26,27). The van der Waals surface area contributed by atoms with Crippen LogP contribution in [0.25, 0.3) is 11.3 Å². The first-order valence-electron chi connectivity index (χ1n) is 8.15. The first-order valence-corrected chi connectivity index (χ1v) is 8.52. The molecule has 0 fully saturated rings. The zero-order valence-corrected chi connectivity index (χ0v) is 15.1. The van der Waals surface area contributed by atoms with Crippen molar-refractivity contribution in [2.24, 2.45) is 0 Å². The SMILES string of the molecule is OCCNc1nc(Nc2ccc(Cl)c(C(F)(F)F)c2)cc(-c2cccnc2)n1. The quantitative estimate of drug-likeness (QED) is 0.561. The Morgan fingerprint density at radius 1 is 1.11 bits per heavy atom. The molecule has 0 aliphatic carbocycles. The smallest absolute Gasteiger partial charge is 0.395 e. The fraction of sp³-hybridized carbons (Fsp3) is 0.167. The minimum Gasteiger partial charge on any atom is -0.395 e. The summed E-state index contributed by atoms with van der Waals surface area (Å²) in [4.78, 5) is 12.6. The summed E-state index contributed by atoms with van der Waals surface area (Å²) in [7, 11) is 0. The third-order valence-electron chi connectivity index (χ3n) is 3.62. The predicted octanol–water partition coefficient (Wildman–Crippen LogP) is 4.36. The molecule has 0 aliphatic rings. The topological polar surface area (TPSA) is 83.0 Å². The lowest BCUT2D eigenvalue weighted by molar-refractivity contribution is -0.137. The second-order valence-corrected chi connectivity index (χ2v) is 6.08. The summed E-state index contributed by atoms with van der Waals surface area (Å²) in [5, 5.41) is 14.3. The molecule has 0 amide bonds. The highest BCUT2D eigenvalue weighted by Gasteiger charge is 2.33. The molecule has 3 aromatic rings. The first-order chi connectivity index (χ1) is 13.4.